The summed E-state index contributed by atoms with van der Waals surface area (Å²) in [4.78, 5) is 46.1. The zero-order chi connectivity index (χ0) is 30.0. The minimum Gasteiger partial charge on any atom is -0.450 e. The fraction of sp³-hybridized carbons (Fsp3) is 0.156. The average molecular weight is 611 g/mol. The van der Waals surface area contributed by atoms with E-state index in [1.807, 2.05) is 13.8 Å². The zero-order valence-electron chi connectivity index (χ0n) is 23.1. The quantitative estimate of drug-likeness (QED) is 0.130. The number of hydrogen-bond acceptors (Lipinski definition) is 8. The molecular weight excluding hydrogens is 588 g/mol. The number of benzene rings is 3. The third-order valence-corrected chi connectivity index (χ3v) is 10.0. The second-order valence-electron chi connectivity index (χ2n) is 10.4. The molecule has 8 nitrogen and oxygen atoms in total. The molecular formula is C32H23FN4O4S2. The highest BCUT2D eigenvalue weighted by atomic mass is 32.2. The molecule has 214 valence electrons. The fourth-order valence-electron chi connectivity index (χ4n) is 5.83. The predicted molar refractivity (Wildman–Crippen MR) is 164 cm³/mol. The first kappa shape index (κ1) is 27.2. The number of carbonyl (C=O) groups excluding carboxylic acids is 2. The summed E-state index contributed by atoms with van der Waals surface area (Å²) in [6.45, 7) is 7.75. The third kappa shape index (κ3) is 3.84. The first-order valence-corrected chi connectivity index (χ1v) is 15.2. The molecule has 0 bridgehead atoms. The van der Waals surface area contributed by atoms with Gasteiger partial charge in [-0.15, -0.1) is 16.8 Å². The van der Waals surface area contributed by atoms with Crippen molar-refractivity contribution in [2.45, 2.75) is 29.5 Å². The van der Waals surface area contributed by atoms with E-state index in [1.165, 1.54) is 27.6 Å². The molecule has 0 aliphatic carbocycles. The minimum absolute atomic E-state index is 0.0481. The summed E-state index contributed by atoms with van der Waals surface area (Å²) < 4.78 is 20.9. The van der Waals surface area contributed by atoms with Crippen LogP contribution in [0.4, 0.5) is 15.2 Å². The molecule has 1 unspecified atom stereocenters. The van der Waals surface area contributed by atoms with E-state index in [-0.39, 0.29) is 39.8 Å². The monoisotopic (exact) mass is 610 g/mol. The van der Waals surface area contributed by atoms with Gasteiger partial charge in [-0.2, -0.15) is 0 Å². The third-order valence-electron chi connectivity index (χ3n) is 7.95. The maximum Gasteiger partial charge on any atom is 0.297 e. The van der Waals surface area contributed by atoms with Gasteiger partial charge in [0.15, 0.2) is 15.3 Å². The Labute approximate surface area is 253 Å². The molecule has 4 heterocycles. The van der Waals surface area contributed by atoms with Crippen LogP contribution in [-0.2, 0) is 16.1 Å². The number of nitrogens with zero attached hydrogens (tertiary/aromatic N) is 4. The average Bonchev–Trinajstić information content (AvgIpc) is 3.63. The van der Waals surface area contributed by atoms with Crippen LogP contribution in [0.3, 0.4) is 0 Å². The van der Waals surface area contributed by atoms with E-state index in [4.69, 9.17) is 4.42 Å². The molecule has 2 aliphatic rings. The number of fused-ring (bicyclic) bond motifs is 5. The molecule has 2 amide bonds. The highest BCUT2D eigenvalue weighted by Gasteiger charge is 2.66. The molecule has 11 heteroatoms. The number of halogens is 1. The summed E-state index contributed by atoms with van der Waals surface area (Å²) in [5.41, 5.74) is 1.17. The van der Waals surface area contributed by atoms with Gasteiger partial charge in [-0.25, -0.2) is 4.39 Å². The van der Waals surface area contributed by atoms with Crippen molar-refractivity contribution >= 4 is 56.7 Å². The molecule has 1 atom stereocenters. The first-order valence-electron chi connectivity index (χ1n) is 13.4. The second-order valence-corrected chi connectivity index (χ2v) is 12.5. The number of aromatic nitrogens is 2. The van der Waals surface area contributed by atoms with Crippen LogP contribution in [0.1, 0.15) is 38.4 Å². The number of carbonyl (C=O) groups is 2. The minimum atomic E-state index is -1.87. The molecule has 0 fully saturated rings. The molecule has 7 rings (SSSR count). The van der Waals surface area contributed by atoms with Gasteiger partial charge in [0.05, 0.1) is 16.6 Å². The normalized spacial score (nSPS) is 17.3. The summed E-state index contributed by atoms with van der Waals surface area (Å²) in [7, 11) is 0. The molecule has 2 aromatic heterocycles. The summed E-state index contributed by atoms with van der Waals surface area (Å²) in [5, 5.41) is 8.97. The van der Waals surface area contributed by atoms with Crippen molar-refractivity contribution in [3.8, 4) is 0 Å². The molecule has 2 aliphatic heterocycles. The lowest BCUT2D eigenvalue weighted by Gasteiger charge is -2.31. The molecule has 5 aromatic rings. The lowest BCUT2D eigenvalue weighted by Crippen LogP contribution is -2.53. The Morgan fingerprint density at radius 2 is 1.79 bits per heavy atom. The van der Waals surface area contributed by atoms with Crippen LogP contribution in [0.15, 0.2) is 86.9 Å². The summed E-state index contributed by atoms with van der Waals surface area (Å²) in [6.07, 6.45) is 1.59. The van der Waals surface area contributed by atoms with Gasteiger partial charge in [-0.1, -0.05) is 65.6 Å². The van der Waals surface area contributed by atoms with Crippen LogP contribution in [0.5, 0.6) is 0 Å². The van der Waals surface area contributed by atoms with E-state index in [0.717, 1.165) is 22.5 Å². The summed E-state index contributed by atoms with van der Waals surface area (Å²) >= 11 is 2.35. The van der Waals surface area contributed by atoms with E-state index >= 15 is 0 Å². The van der Waals surface area contributed by atoms with Crippen molar-refractivity contribution in [1.29, 1.82) is 0 Å². The maximum atomic E-state index is 14.6. The topological polar surface area (TPSA) is 96.6 Å². The van der Waals surface area contributed by atoms with Crippen LogP contribution in [0.25, 0.3) is 11.0 Å². The Morgan fingerprint density at radius 1 is 1.05 bits per heavy atom. The van der Waals surface area contributed by atoms with Gasteiger partial charge in [0.25, 0.3) is 11.8 Å². The van der Waals surface area contributed by atoms with Crippen LogP contribution in [-0.4, -0.2) is 28.6 Å². The Morgan fingerprint density at radius 3 is 2.58 bits per heavy atom. The van der Waals surface area contributed by atoms with E-state index in [2.05, 4.69) is 16.8 Å². The largest absolute Gasteiger partial charge is 0.450 e. The standard InChI is InChI=1S/C32H23FN4O4S2/c1-4-13-36-23-12-8-6-10-21(23)32(29(36)40)25-26(38)20-14-17(2)18(3)15-24(20)41-27(25)28(39)37(32)30-34-35-31(43-30)42-16-19-9-5-7-11-22(19)33/h4-12,14-15H,1,13,16H2,2-3H3. The molecule has 3 aromatic carbocycles. The van der Waals surface area contributed by atoms with Gasteiger partial charge in [0.2, 0.25) is 10.9 Å². The number of para-hydroxylation sites is 1. The molecule has 0 radical (unpaired) electrons. The first-order chi connectivity index (χ1) is 20.8. The van der Waals surface area contributed by atoms with Crippen LogP contribution in [0, 0.1) is 19.7 Å². The summed E-state index contributed by atoms with van der Waals surface area (Å²) in [6, 6.07) is 17.0. The van der Waals surface area contributed by atoms with Crippen molar-refractivity contribution in [3.63, 3.8) is 0 Å². The molecule has 1 spiro atoms. The van der Waals surface area contributed by atoms with Gasteiger partial charge in [-0.05, 0) is 54.8 Å². The van der Waals surface area contributed by atoms with Crippen LogP contribution >= 0.6 is 23.1 Å². The summed E-state index contributed by atoms with van der Waals surface area (Å²) in [5.74, 6) is -1.41. The highest BCUT2D eigenvalue weighted by molar-refractivity contribution is 8.00. The Hall–Kier alpha value is -4.61. The van der Waals surface area contributed by atoms with Crippen molar-refractivity contribution in [3.05, 3.63) is 123 Å². The van der Waals surface area contributed by atoms with E-state index in [1.54, 1.807) is 60.7 Å². The molecule has 0 saturated carbocycles. The van der Waals surface area contributed by atoms with E-state index in [0.29, 0.717) is 26.9 Å². The highest BCUT2D eigenvalue weighted by Crippen LogP contribution is 2.54. The van der Waals surface area contributed by atoms with Crippen molar-refractivity contribution in [2.75, 3.05) is 16.3 Å². The van der Waals surface area contributed by atoms with E-state index < -0.39 is 22.8 Å². The number of anilines is 2. The van der Waals surface area contributed by atoms with Gasteiger partial charge >= 0.3 is 0 Å². The lowest BCUT2D eigenvalue weighted by molar-refractivity contribution is -0.121. The number of rotatable bonds is 6. The molecule has 0 saturated heterocycles. The Kier molecular flexibility index (Phi) is 6.33. The predicted octanol–water partition coefficient (Wildman–Crippen LogP) is 6.13. The van der Waals surface area contributed by atoms with E-state index in [9.17, 15) is 18.8 Å². The van der Waals surface area contributed by atoms with Gasteiger partial charge in [-0.3, -0.25) is 19.3 Å². The smallest absolute Gasteiger partial charge is 0.297 e. The SMILES string of the molecule is C=CCN1C(=O)C2(c3ccccc31)c1c(oc3cc(C)c(C)cc3c1=O)C(=O)N2c1nnc(SCc2ccccc2F)s1. The second kappa shape index (κ2) is 9.99. The zero-order valence-corrected chi connectivity index (χ0v) is 24.7. The Balaban J connectivity index is 1.45. The van der Waals surface area contributed by atoms with Crippen molar-refractivity contribution in [1.82, 2.24) is 10.2 Å². The number of thioether (sulfide) groups is 1. The van der Waals surface area contributed by atoms with Gasteiger partial charge in [0, 0.05) is 17.9 Å². The maximum absolute atomic E-state index is 14.6. The fourth-order valence-corrected chi connectivity index (χ4v) is 7.71. The number of hydrogen-bond donors (Lipinski definition) is 0. The van der Waals surface area contributed by atoms with Gasteiger partial charge in [0.1, 0.15) is 11.4 Å². The Bertz CT molecular complexity index is 2070. The van der Waals surface area contributed by atoms with Crippen molar-refractivity contribution in [2.24, 2.45) is 0 Å². The number of aryl methyl sites for hydroxylation is 2. The lowest BCUT2D eigenvalue weighted by atomic mass is 9.84. The molecule has 0 N–H and O–H groups in total. The van der Waals surface area contributed by atoms with Gasteiger partial charge < -0.3 is 9.32 Å². The van der Waals surface area contributed by atoms with Crippen LogP contribution in [0.2, 0.25) is 0 Å². The number of amides is 2. The van der Waals surface area contributed by atoms with Crippen molar-refractivity contribution < 1.29 is 18.4 Å². The molecule has 43 heavy (non-hydrogen) atoms. The van der Waals surface area contributed by atoms with Crippen LogP contribution < -0.4 is 15.2 Å².